The zero-order valence-electron chi connectivity index (χ0n) is 10.8. The van der Waals surface area contributed by atoms with Crippen LogP contribution in [0, 0.1) is 5.92 Å². The fourth-order valence-corrected chi connectivity index (χ4v) is 1.73. The monoisotopic (exact) mass is 236 g/mol. The summed E-state index contributed by atoms with van der Waals surface area (Å²) in [4.78, 5) is 21.5. The number of nitrogens with one attached hydrogen (secondary N) is 1. The Morgan fingerprint density at radius 2 is 1.94 bits per heavy atom. The maximum absolute atomic E-state index is 11.8. The molecule has 1 atom stereocenters. The number of carbonyl (C=O) groups is 1. The van der Waals surface area contributed by atoms with Gasteiger partial charge in [-0.2, -0.15) is 0 Å². The van der Waals surface area contributed by atoms with Crippen LogP contribution in [0.2, 0.25) is 0 Å². The van der Waals surface area contributed by atoms with Gasteiger partial charge in [-0.05, 0) is 20.0 Å². The Morgan fingerprint density at radius 3 is 2.41 bits per heavy atom. The van der Waals surface area contributed by atoms with Crippen molar-refractivity contribution in [2.45, 2.75) is 19.9 Å². The summed E-state index contributed by atoms with van der Waals surface area (Å²) in [5.74, 6) is 0.357. The molecule has 5 nitrogen and oxygen atoms in total. The SMILES string of the molecule is CC(C)C(CNC(=O)c1cncnc1)N(C)C. The van der Waals surface area contributed by atoms with Gasteiger partial charge in [0, 0.05) is 25.0 Å². The van der Waals surface area contributed by atoms with Crippen LogP contribution in [0.4, 0.5) is 0 Å². The largest absolute Gasteiger partial charge is 0.350 e. The third kappa shape index (κ3) is 4.11. The third-order valence-corrected chi connectivity index (χ3v) is 2.73. The highest BCUT2D eigenvalue weighted by Gasteiger charge is 2.17. The first-order chi connectivity index (χ1) is 8.02. The van der Waals surface area contributed by atoms with E-state index in [1.54, 1.807) is 0 Å². The maximum Gasteiger partial charge on any atom is 0.254 e. The van der Waals surface area contributed by atoms with Gasteiger partial charge >= 0.3 is 0 Å². The van der Waals surface area contributed by atoms with Crippen molar-refractivity contribution in [2.24, 2.45) is 5.92 Å². The molecule has 17 heavy (non-hydrogen) atoms. The van der Waals surface area contributed by atoms with Crippen LogP contribution in [0.3, 0.4) is 0 Å². The van der Waals surface area contributed by atoms with E-state index < -0.39 is 0 Å². The van der Waals surface area contributed by atoms with E-state index in [1.807, 2.05) is 14.1 Å². The summed E-state index contributed by atoms with van der Waals surface area (Å²) in [6, 6.07) is 0.323. The molecule has 1 aromatic rings. The number of hydrogen-bond acceptors (Lipinski definition) is 4. The van der Waals surface area contributed by atoms with Gasteiger partial charge in [0.05, 0.1) is 5.56 Å². The van der Waals surface area contributed by atoms with Gasteiger partial charge in [0.25, 0.3) is 5.91 Å². The maximum atomic E-state index is 11.8. The van der Waals surface area contributed by atoms with Gasteiger partial charge in [-0.25, -0.2) is 9.97 Å². The van der Waals surface area contributed by atoms with E-state index in [1.165, 1.54) is 18.7 Å². The number of carbonyl (C=O) groups excluding carboxylic acids is 1. The molecule has 0 aliphatic carbocycles. The van der Waals surface area contributed by atoms with Crippen molar-refractivity contribution in [1.29, 1.82) is 0 Å². The highest BCUT2D eigenvalue weighted by molar-refractivity contribution is 5.93. The molecule has 0 spiro atoms. The molecule has 1 heterocycles. The molecular weight excluding hydrogens is 216 g/mol. The van der Waals surface area contributed by atoms with E-state index in [2.05, 4.69) is 34.0 Å². The van der Waals surface area contributed by atoms with Crippen LogP contribution in [-0.4, -0.2) is 47.5 Å². The van der Waals surface area contributed by atoms with Crippen molar-refractivity contribution in [2.75, 3.05) is 20.6 Å². The Balaban J connectivity index is 2.53. The van der Waals surface area contributed by atoms with E-state index in [0.29, 0.717) is 24.1 Å². The van der Waals surface area contributed by atoms with Gasteiger partial charge in [-0.1, -0.05) is 13.8 Å². The van der Waals surface area contributed by atoms with Crippen LogP contribution in [0.15, 0.2) is 18.7 Å². The summed E-state index contributed by atoms with van der Waals surface area (Å²) in [6.45, 7) is 4.91. The molecule has 0 aliphatic heterocycles. The van der Waals surface area contributed by atoms with Gasteiger partial charge in [-0.15, -0.1) is 0 Å². The summed E-state index contributed by atoms with van der Waals surface area (Å²) in [5, 5.41) is 2.90. The molecule has 1 N–H and O–H groups in total. The van der Waals surface area contributed by atoms with Gasteiger partial charge in [0.15, 0.2) is 0 Å². The van der Waals surface area contributed by atoms with Crippen molar-refractivity contribution in [3.05, 3.63) is 24.3 Å². The Kier molecular flexibility index (Phi) is 5.03. The lowest BCUT2D eigenvalue weighted by atomic mass is 10.0. The zero-order chi connectivity index (χ0) is 12.8. The number of amides is 1. The minimum Gasteiger partial charge on any atom is -0.350 e. The highest BCUT2D eigenvalue weighted by Crippen LogP contribution is 2.06. The number of rotatable bonds is 5. The van der Waals surface area contributed by atoms with Crippen LogP contribution in [0.5, 0.6) is 0 Å². The summed E-state index contributed by atoms with van der Waals surface area (Å²) < 4.78 is 0. The predicted molar refractivity (Wildman–Crippen MR) is 66.7 cm³/mol. The van der Waals surface area contributed by atoms with Crippen LogP contribution in [0.1, 0.15) is 24.2 Å². The summed E-state index contributed by atoms with van der Waals surface area (Å²) in [5.41, 5.74) is 0.494. The first-order valence-corrected chi connectivity index (χ1v) is 5.72. The summed E-state index contributed by atoms with van der Waals surface area (Å²) in [7, 11) is 4.03. The van der Waals surface area contributed by atoms with Gasteiger partial charge in [0.2, 0.25) is 0 Å². The second-order valence-electron chi connectivity index (χ2n) is 4.61. The molecule has 0 fully saturated rings. The molecule has 0 aliphatic rings. The normalized spacial score (nSPS) is 12.8. The smallest absolute Gasteiger partial charge is 0.254 e. The fraction of sp³-hybridized carbons (Fsp3) is 0.583. The van der Waals surface area contributed by atoms with Crippen molar-refractivity contribution in [3.8, 4) is 0 Å². The van der Waals surface area contributed by atoms with Crippen molar-refractivity contribution in [3.63, 3.8) is 0 Å². The zero-order valence-corrected chi connectivity index (χ0v) is 10.8. The third-order valence-electron chi connectivity index (χ3n) is 2.73. The Hall–Kier alpha value is -1.49. The molecule has 0 aromatic carbocycles. The van der Waals surface area contributed by atoms with E-state index >= 15 is 0 Å². The van der Waals surface area contributed by atoms with E-state index in [-0.39, 0.29) is 5.91 Å². The molecule has 0 saturated carbocycles. The number of aromatic nitrogens is 2. The molecule has 0 saturated heterocycles. The molecule has 94 valence electrons. The second kappa shape index (κ2) is 6.30. The van der Waals surface area contributed by atoms with Gasteiger partial charge < -0.3 is 10.2 Å². The Bertz CT molecular complexity index is 343. The lowest BCUT2D eigenvalue weighted by molar-refractivity contribution is 0.0934. The van der Waals surface area contributed by atoms with E-state index in [9.17, 15) is 4.79 Å². The molecule has 1 unspecified atom stereocenters. The average Bonchev–Trinajstić information content (AvgIpc) is 2.29. The molecule has 1 rings (SSSR count). The van der Waals surface area contributed by atoms with Crippen molar-refractivity contribution < 1.29 is 4.79 Å². The molecule has 1 aromatic heterocycles. The van der Waals surface area contributed by atoms with Crippen LogP contribution in [0.25, 0.3) is 0 Å². The first-order valence-electron chi connectivity index (χ1n) is 5.72. The van der Waals surface area contributed by atoms with E-state index in [4.69, 9.17) is 0 Å². The topological polar surface area (TPSA) is 58.1 Å². The Labute approximate surface area is 102 Å². The number of nitrogens with zero attached hydrogens (tertiary/aromatic N) is 3. The van der Waals surface area contributed by atoms with Crippen LogP contribution >= 0.6 is 0 Å². The predicted octanol–water partition coefficient (Wildman–Crippen LogP) is 0.793. The lowest BCUT2D eigenvalue weighted by Gasteiger charge is -2.28. The molecule has 5 heteroatoms. The Morgan fingerprint density at radius 1 is 1.35 bits per heavy atom. The molecule has 1 amide bonds. The number of likely N-dealkylation sites (N-methyl/N-ethyl adjacent to an activating group) is 1. The average molecular weight is 236 g/mol. The second-order valence-corrected chi connectivity index (χ2v) is 4.61. The van der Waals surface area contributed by atoms with Crippen molar-refractivity contribution >= 4 is 5.91 Å². The minimum atomic E-state index is -0.127. The summed E-state index contributed by atoms with van der Waals surface area (Å²) >= 11 is 0. The van der Waals surface area contributed by atoms with Crippen molar-refractivity contribution in [1.82, 2.24) is 20.2 Å². The lowest BCUT2D eigenvalue weighted by Crippen LogP contribution is -2.43. The minimum absolute atomic E-state index is 0.127. The standard InChI is InChI=1S/C12H20N4O/c1-9(2)11(16(3)4)7-15-12(17)10-5-13-8-14-6-10/h5-6,8-9,11H,7H2,1-4H3,(H,15,17). The molecule has 0 radical (unpaired) electrons. The van der Waals surface area contributed by atoms with E-state index in [0.717, 1.165) is 0 Å². The molecular formula is C12H20N4O. The molecule has 0 bridgehead atoms. The van der Waals surface area contributed by atoms with Crippen LogP contribution in [-0.2, 0) is 0 Å². The number of hydrogen-bond donors (Lipinski definition) is 1. The van der Waals surface area contributed by atoms with Gasteiger partial charge in [0.1, 0.15) is 6.33 Å². The first kappa shape index (κ1) is 13.6. The van der Waals surface area contributed by atoms with Crippen LogP contribution < -0.4 is 5.32 Å². The fourth-order valence-electron chi connectivity index (χ4n) is 1.73. The summed E-state index contributed by atoms with van der Waals surface area (Å²) in [6.07, 6.45) is 4.44. The highest BCUT2D eigenvalue weighted by atomic mass is 16.1. The quantitative estimate of drug-likeness (QED) is 0.821. The van der Waals surface area contributed by atoms with Gasteiger partial charge in [-0.3, -0.25) is 4.79 Å².